The van der Waals surface area contributed by atoms with E-state index in [9.17, 15) is 0 Å². The quantitative estimate of drug-likeness (QED) is 0.593. The van der Waals surface area contributed by atoms with Gasteiger partial charge in [-0.1, -0.05) is 26.8 Å². The predicted molar refractivity (Wildman–Crippen MR) is 66.0 cm³/mol. The van der Waals surface area contributed by atoms with E-state index >= 15 is 0 Å². The Labute approximate surface area is 96.3 Å². The summed E-state index contributed by atoms with van der Waals surface area (Å²) in [6.07, 6.45) is 0. The van der Waals surface area contributed by atoms with Gasteiger partial charge in [-0.05, 0) is 28.3 Å². The van der Waals surface area contributed by atoms with E-state index in [4.69, 9.17) is 4.74 Å². The Kier molecular flexibility index (Phi) is 3.78. The van der Waals surface area contributed by atoms with Crippen molar-refractivity contribution in [3.63, 3.8) is 0 Å². The molecule has 0 aliphatic carbocycles. The third-order valence-corrected chi connectivity index (χ3v) is 4.06. The van der Waals surface area contributed by atoms with Crippen LogP contribution in [0.15, 0.2) is 18.2 Å². The molecule has 0 fully saturated rings. The molecule has 0 aliphatic rings. The average molecular weight is 271 g/mol. The first-order valence-electron chi connectivity index (χ1n) is 4.54. The second kappa shape index (κ2) is 4.49. The number of halogens is 1. The summed E-state index contributed by atoms with van der Waals surface area (Å²) in [5.41, 5.74) is 1.53. The third-order valence-electron chi connectivity index (χ3n) is 2.14. The second-order valence-corrected chi connectivity index (χ2v) is 6.17. The van der Waals surface area contributed by atoms with Crippen LogP contribution in [0.25, 0.3) is 0 Å². The molecule has 0 heterocycles. The lowest BCUT2D eigenvalue weighted by atomic mass is 9.87. The van der Waals surface area contributed by atoms with Gasteiger partial charge in [0.2, 0.25) is 0 Å². The Morgan fingerprint density at radius 2 is 1.93 bits per heavy atom. The summed E-state index contributed by atoms with van der Waals surface area (Å²) in [5.74, 6) is 0.935. The molecule has 0 aromatic heterocycles. The third kappa shape index (κ3) is 2.61. The van der Waals surface area contributed by atoms with Crippen molar-refractivity contribution in [1.82, 2.24) is 0 Å². The van der Waals surface area contributed by atoms with Crippen LogP contribution in [0.4, 0.5) is 0 Å². The fraction of sp³-hybridized carbons (Fsp3) is 0.455. The zero-order valence-corrected chi connectivity index (χ0v) is 11.6. The molecule has 0 saturated carbocycles. The van der Waals surface area contributed by atoms with Crippen LogP contribution in [0.2, 0.25) is 0 Å². The summed E-state index contributed by atoms with van der Waals surface area (Å²) >= 11 is 3.53. The van der Waals surface area contributed by atoms with Crippen molar-refractivity contribution in [1.29, 1.82) is 0 Å². The normalized spacial score (nSPS) is 11.5. The van der Waals surface area contributed by atoms with E-state index < -0.39 is 0 Å². The molecule has 0 atom stereocenters. The molecule has 3 heteroatoms. The van der Waals surface area contributed by atoms with Crippen molar-refractivity contribution in [3.8, 4) is 5.75 Å². The van der Waals surface area contributed by atoms with Crippen molar-refractivity contribution >= 4 is 28.6 Å². The van der Waals surface area contributed by atoms with Gasteiger partial charge in [-0.3, -0.25) is 0 Å². The highest BCUT2D eigenvalue weighted by Crippen LogP contribution is 2.24. The number of hydrogen-bond acceptors (Lipinski definition) is 1. The number of rotatable bonds is 2. The lowest BCUT2D eigenvalue weighted by molar-refractivity contribution is 0.413. The van der Waals surface area contributed by atoms with Gasteiger partial charge >= 0.3 is 0 Å². The van der Waals surface area contributed by atoms with Crippen molar-refractivity contribution in [2.24, 2.45) is 0 Å². The molecule has 0 spiro atoms. The van der Waals surface area contributed by atoms with Crippen molar-refractivity contribution in [2.45, 2.75) is 26.2 Å². The van der Waals surface area contributed by atoms with Crippen LogP contribution in [0, 0.1) is 0 Å². The van der Waals surface area contributed by atoms with Gasteiger partial charge in [0.05, 0.1) is 7.11 Å². The zero-order valence-electron chi connectivity index (χ0n) is 9.02. The van der Waals surface area contributed by atoms with E-state index in [0.717, 1.165) is 5.75 Å². The Balaban J connectivity index is 3.22. The molecule has 76 valence electrons. The smallest absolute Gasteiger partial charge is 0.176 e. The van der Waals surface area contributed by atoms with Crippen LogP contribution in [-0.2, 0) is 5.41 Å². The fourth-order valence-corrected chi connectivity index (χ4v) is 3.09. The lowest BCUT2D eigenvalue weighted by Gasteiger charge is -2.22. The molecule has 0 N–H and O–H groups in total. The Bertz CT molecular complexity index is 318. The highest BCUT2D eigenvalue weighted by atomic mass is 79.9. The van der Waals surface area contributed by atoms with E-state index in [1.165, 1.54) is 10.8 Å². The minimum atomic E-state index is 0.171. The monoisotopic (exact) mass is 270 g/mol. The Morgan fingerprint density at radius 1 is 1.29 bits per heavy atom. The molecule has 1 aromatic rings. The number of benzene rings is 1. The van der Waals surface area contributed by atoms with Crippen LogP contribution in [0.1, 0.15) is 26.3 Å². The standard InChI is InChI=1S/C11H15BrOSi/c1-11(2,3)9-7-8(13-4)5-6-10(9)14-12/h5-7H,1-4H3. The number of ether oxygens (including phenoxy) is 1. The van der Waals surface area contributed by atoms with Crippen LogP contribution >= 0.6 is 15.3 Å². The molecular formula is C11H15BrOSi. The predicted octanol–water partition coefficient (Wildman–Crippen LogP) is 2.63. The number of methoxy groups -OCH3 is 1. The molecule has 0 saturated heterocycles. The topological polar surface area (TPSA) is 9.23 Å². The molecular weight excluding hydrogens is 256 g/mol. The molecule has 1 aromatic carbocycles. The fourth-order valence-electron chi connectivity index (χ4n) is 1.35. The van der Waals surface area contributed by atoms with Crippen molar-refractivity contribution in [2.75, 3.05) is 7.11 Å². The first-order valence-corrected chi connectivity index (χ1v) is 7.80. The van der Waals surface area contributed by atoms with Crippen LogP contribution in [0.3, 0.4) is 0 Å². The molecule has 0 amide bonds. The highest BCUT2D eigenvalue weighted by molar-refractivity contribution is 9.23. The first-order chi connectivity index (χ1) is 6.49. The average Bonchev–Trinajstić information content (AvgIpc) is 2.15. The molecule has 2 radical (unpaired) electrons. The molecule has 1 rings (SSSR count). The second-order valence-electron chi connectivity index (χ2n) is 4.26. The summed E-state index contributed by atoms with van der Waals surface area (Å²) in [4.78, 5) is 0. The lowest BCUT2D eigenvalue weighted by Crippen LogP contribution is -2.25. The summed E-state index contributed by atoms with van der Waals surface area (Å²) in [5, 5.41) is 1.36. The van der Waals surface area contributed by atoms with Crippen LogP contribution in [-0.4, -0.2) is 15.2 Å². The first kappa shape index (κ1) is 11.8. The summed E-state index contributed by atoms with van der Waals surface area (Å²) < 4.78 is 5.24. The maximum atomic E-state index is 5.24. The zero-order chi connectivity index (χ0) is 10.8. The van der Waals surface area contributed by atoms with Crippen molar-refractivity contribution in [3.05, 3.63) is 23.8 Å². The van der Waals surface area contributed by atoms with E-state index in [0.29, 0.717) is 8.14 Å². The van der Waals surface area contributed by atoms with Gasteiger partial charge in [-0.15, -0.1) is 15.3 Å². The summed E-state index contributed by atoms with van der Waals surface area (Å²) in [6.45, 7) is 6.66. The van der Waals surface area contributed by atoms with Gasteiger partial charge < -0.3 is 4.74 Å². The van der Waals surface area contributed by atoms with Gasteiger partial charge in [0, 0.05) is 0 Å². The highest BCUT2D eigenvalue weighted by Gasteiger charge is 2.18. The summed E-state index contributed by atoms with van der Waals surface area (Å²) in [7, 11) is 2.36. The minimum Gasteiger partial charge on any atom is -0.497 e. The van der Waals surface area contributed by atoms with Gasteiger partial charge in [0.25, 0.3) is 0 Å². The van der Waals surface area contributed by atoms with Crippen LogP contribution < -0.4 is 9.92 Å². The van der Waals surface area contributed by atoms with E-state index in [-0.39, 0.29) is 5.41 Å². The maximum Gasteiger partial charge on any atom is 0.176 e. The van der Waals surface area contributed by atoms with E-state index in [2.05, 4.69) is 48.2 Å². The molecule has 14 heavy (non-hydrogen) atoms. The molecule has 0 aliphatic heterocycles. The van der Waals surface area contributed by atoms with Gasteiger partial charge in [-0.25, -0.2) is 0 Å². The summed E-state index contributed by atoms with van der Waals surface area (Å²) in [6, 6.07) is 6.27. The Hall–Kier alpha value is -0.283. The van der Waals surface area contributed by atoms with Gasteiger partial charge in [0.1, 0.15) is 5.75 Å². The minimum absolute atomic E-state index is 0.171. The molecule has 0 bridgehead atoms. The van der Waals surface area contributed by atoms with Gasteiger partial charge in [-0.2, -0.15) is 0 Å². The van der Waals surface area contributed by atoms with E-state index in [1.807, 2.05) is 6.07 Å². The largest absolute Gasteiger partial charge is 0.497 e. The molecule has 0 unspecified atom stereocenters. The van der Waals surface area contributed by atoms with Crippen LogP contribution in [0.5, 0.6) is 5.75 Å². The molecule has 1 nitrogen and oxygen atoms in total. The number of hydrogen-bond donors (Lipinski definition) is 0. The SMILES string of the molecule is COc1ccc([Si]Br)c(C(C)(C)C)c1. The van der Waals surface area contributed by atoms with Gasteiger partial charge in [0.15, 0.2) is 8.14 Å². The van der Waals surface area contributed by atoms with Crippen molar-refractivity contribution < 1.29 is 4.74 Å². The Morgan fingerprint density at radius 3 is 2.36 bits per heavy atom. The van der Waals surface area contributed by atoms with E-state index in [1.54, 1.807) is 7.11 Å². The maximum absolute atomic E-state index is 5.24.